The minimum absolute atomic E-state index is 0.0679. The van der Waals surface area contributed by atoms with Crippen molar-refractivity contribution in [2.75, 3.05) is 12.8 Å². The van der Waals surface area contributed by atoms with Gasteiger partial charge in [0, 0.05) is 0 Å². The molecule has 1 unspecified atom stereocenters. The molecule has 4 nitrogen and oxygen atoms in total. The van der Waals surface area contributed by atoms with E-state index in [0.717, 1.165) is 0 Å². The standard InChI is InChI=1S/C9H19O4P/c1-7(2)12-14(10,13-8(3)4)6-9-5-11-9/h7-9H,5-6H2,1-4H3. The van der Waals surface area contributed by atoms with Crippen LogP contribution in [0.15, 0.2) is 0 Å². The van der Waals surface area contributed by atoms with Gasteiger partial charge in [-0.1, -0.05) is 0 Å². The Kier molecular flexibility index (Phi) is 4.14. The van der Waals surface area contributed by atoms with Gasteiger partial charge in [-0.3, -0.25) is 4.57 Å². The van der Waals surface area contributed by atoms with E-state index in [1.54, 1.807) is 0 Å². The van der Waals surface area contributed by atoms with E-state index in [0.29, 0.717) is 12.8 Å². The van der Waals surface area contributed by atoms with Crippen LogP contribution in [0.3, 0.4) is 0 Å². The molecule has 0 amide bonds. The highest BCUT2D eigenvalue weighted by molar-refractivity contribution is 7.53. The van der Waals surface area contributed by atoms with Crippen LogP contribution in [0.5, 0.6) is 0 Å². The smallest absolute Gasteiger partial charge is 0.333 e. The van der Waals surface area contributed by atoms with Gasteiger partial charge in [0.05, 0.1) is 31.1 Å². The maximum atomic E-state index is 12.2. The van der Waals surface area contributed by atoms with Gasteiger partial charge in [-0.05, 0) is 27.7 Å². The average Bonchev–Trinajstić information content (AvgIpc) is 2.65. The summed E-state index contributed by atoms with van der Waals surface area (Å²) in [6.07, 6.45) is 0.276. The Morgan fingerprint density at radius 2 is 1.71 bits per heavy atom. The molecular formula is C9H19O4P. The zero-order valence-electron chi connectivity index (χ0n) is 9.23. The first-order valence-corrected chi connectivity index (χ1v) is 6.71. The van der Waals surface area contributed by atoms with E-state index < -0.39 is 7.60 Å². The summed E-state index contributed by atoms with van der Waals surface area (Å²) in [6.45, 7) is 8.08. The molecule has 0 bridgehead atoms. The molecule has 1 rings (SSSR count). The van der Waals surface area contributed by atoms with Crippen molar-refractivity contribution in [3.8, 4) is 0 Å². The topological polar surface area (TPSA) is 48.1 Å². The molecule has 0 aromatic heterocycles. The lowest BCUT2D eigenvalue weighted by Gasteiger charge is -2.21. The first-order chi connectivity index (χ1) is 6.41. The van der Waals surface area contributed by atoms with Crippen LogP contribution in [0.2, 0.25) is 0 Å². The summed E-state index contributed by atoms with van der Waals surface area (Å²) in [5, 5.41) is 0. The quantitative estimate of drug-likeness (QED) is 0.511. The second-order valence-corrected chi connectivity index (χ2v) is 6.07. The molecular weight excluding hydrogens is 203 g/mol. The first kappa shape index (κ1) is 12.2. The molecule has 0 N–H and O–H groups in total. The number of hydrogen-bond acceptors (Lipinski definition) is 4. The summed E-state index contributed by atoms with van der Waals surface area (Å²) >= 11 is 0. The van der Waals surface area contributed by atoms with Crippen molar-refractivity contribution in [3.05, 3.63) is 0 Å². The largest absolute Gasteiger partial charge is 0.372 e. The van der Waals surface area contributed by atoms with E-state index in [1.807, 2.05) is 27.7 Å². The lowest BCUT2D eigenvalue weighted by molar-refractivity contribution is 0.141. The minimum atomic E-state index is -2.95. The van der Waals surface area contributed by atoms with E-state index in [9.17, 15) is 4.57 Å². The van der Waals surface area contributed by atoms with Crippen LogP contribution < -0.4 is 0 Å². The van der Waals surface area contributed by atoms with Crippen LogP contribution in [-0.2, 0) is 18.3 Å². The number of ether oxygens (including phenoxy) is 1. The molecule has 0 aromatic rings. The summed E-state index contributed by atoms with van der Waals surface area (Å²) in [7, 11) is -2.95. The van der Waals surface area contributed by atoms with Crippen molar-refractivity contribution >= 4 is 7.60 Å². The Labute approximate surface area is 85.5 Å². The van der Waals surface area contributed by atoms with Gasteiger partial charge >= 0.3 is 7.60 Å². The molecule has 1 aliphatic heterocycles. The third-order valence-electron chi connectivity index (χ3n) is 1.57. The maximum Gasteiger partial charge on any atom is 0.333 e. The van der Waals surface area contributed by atoms with Crippen LogP contribution in [-0.4, -0.2) is 31.1 Å². The Balaban J connectivity index is 2.51. The van der Waals surface area contributed by atoms with Gasteiger partial charge < -0.3 is 13.8 Å². The highest BCUT2D eigenvalue weighted by Crippen LogP contribution is 2.52. The summed E-state index contributed by atoms with van der Waals surface area (Å²) in [5.74, 6) is 0. The molecule has 84 valence electrons. The molecule has 1 saturated heterocycles. The van der Waals surface area contributed by atoms with Crippen molar-refractivity contribution in [2.45, 2.75) is 46.0 Å². The fourth-order valence-electron chi connectivity index (χ4n) is 1.18. The zero-order chi connectivity index (χ0) is 10.8. The van der Waals surface area contributed by atoms with Gasteiger partial charge in [-0.2, -0.15) is 0 Å². The van der Waals surface area contributed by atoms with E-state index in [2.05, 4.69) is 0 Å². The monoisotopic (exact) mass is 222 g/mol. The zero-order valence-corrected chi connectivity index (χ0v) is 10.1. The van der Waals surface area contributed by atoms with Crippen molar-refractivity contribution in [3.63, 3.8) is 0 Å². The lowest BCUT2D eigenvalue weighted by Crippen LogP contribution is -2.12. The van der Waals surface area contributed by atoms with Crippen molar-refractivity contribution in [1.29, 1.82) is 0 Å². The average molecular weight is 222 g/mol. The molecule has 0 aliphatic carbocycles. The van der Waals surface area contributed by atoms with E-state index in [4.69, 9.17) is 13.8 Å². The van der Waals surface area contributed by atoms with Crippen molar-refractivity contribution in [2.24, 2.45) is 0 Å². The first-order valence-electron chi connectivity index (χ1n) is 4.99. The second kappa shape index (κ2) is 4.75. The Hall–Kier alpha value is 0.110. The van der Waals surface area contributed by atoms with Crippen LogP contribution in [0.25, 0.3) is 0 Å². The third kappa shape index (κ3) is 4.56. The highest BCUT2D eigenvalue weighted by atomic mass is 31.2. The van der Waals surface area contributed by atoms with Gasteiger partial charge in [0.2, 0.25) is 0 Å². The molecule has 0 aromatic carbocycles. The van der Waals surface area contributed by atoms with Crippen molar-refractivity contribution in [1.82, 2.24) is 0 Å². The molecule has 0 saturated carbocycles. The predicted molar refractivity (Wildman–Crippen MR) is 54.7 cm³/mol. The summed E-state index contributed by atoms with van der Waals surface area (Å²) in [5.41, 5.74) is 0. The summed E-state index contributed by atoms with van der Waals surface area (Å²) in [6, 6.07) is 0. The Morgan fingerprint density at radius 1 is 1.29 bits per heavy atom. The molecule has 1 fully saturated rings. The lowest BCUT2D eigenvalue weighted by atomic mass is 10.5. The third-order valence-corrected chi connectivity index (χ3v) is 3.91. The van der Waals surface area contributed by atoms with Gasteiger partial charge in [0.1, 0.15) is 0 Å². The minimum Gasteiger partial charge on any atom is -0.372 e. The second-order valence-electron chi connectivity index (χ2n) is 4.06. The van der Waals surface area contributed by atoms with E-state index in [1.165, 1.54) is 0 Å². The van der Waals surface area contributed by atoms with Gasteiger partial charge in [0.25, 0.3) is 0 Å². The van der Waals surface area contributed by atoms with Crippen LogP contribution in [0.1, 0.15) is 27.7 Å². The van der Waals surface area contributed by atoms with Gasteiger partial charge in [-0.25, -0.2) is 0 Å². The number of epoxide rings is 1. The number of hydrogen-bond donors (Lipinski definition) is 0. The number of rotatable bonds is 6. The summed E-state index contributed by atoms with van der Waals surface area (Å²) in [4.78, 5) is 0. The fourth-order valence-corrected chi connectivity index (χ4v) is 3.39. The predicted octanol–water partition coefficient (Wildman–Crippen LogP) is 2.43. The molecule has 1 atom stereocenters. The Morgan fingerprint density at radius 3 is 2.00 bits per heavy atom. The fraction of sp³-hybridized carbons (Fsp3) is 1.00. The normalized spacial score (nSPS) is 22.0. The summed E-state index contributed by atoms with van der Waals surface area (Å²) < 4.78 is 27.9. The van der Waals surface area contributed by atoms with Gasteiger partial charge in [0.15, 0.2) is 0 Å². The van der Waals surface area contributed by atoms with Crippen LogP contribution in [0, 0.1) is 0 Å². The van der Waals surface area contributed by atoms with Crippen LogP contribution >= 0.6 is 7.60 Å². The Bertz CT molecular complexity index is 198. The molecule has 0 radical (unpaired) electrons. The maximum absolute atomic E-state index is 12.2. The molecule has 14 heavy (non-hydrogen) atoms. The van der Waals surface area contributed by atoms with Gasteiger partial charge in [-0.15, -0.1) is 0 Å². The van der Waals surface area contributed by atoms with E-state index >= 15 is 0 Å². The molecule has 1 aliphatic rings. The molecule has 5 heteroatoms. The molecule has 0 spiro atoms. The SMILES string of the molecule is CC(C)OP(=O)(CC1CO1)OC(C)C. The van der Waals surface area contributed by atoms with E-state index in [-0.39, 0.29) is 18.3 Å². The highest BCUT2D eigenvalue weighted by Gasteiger charge is 2.37. The van der Waals surface area contributed by atoms with Crippen molar-refractivity contribution < 1.29 is 18.3 Å². The van der Waals surface area contributed by atoms with Crippen LogP contribution in [0.4, 0.5) is 0 Å². The molecule has 1 heterocycles.